The molecule has 0 saturated heterocycles. The minimum absolute atomic E-state index is 0.374. The lowest BCUT2D eigenvalue weighted by Crippen LogP contribution is -2.41. The van der Waals surface area contributed by atoms with E-state index < -0.39 is 5.91 Å². The Labute approximate surface area is 136 Å². The Hall–Kier alpha value is -2.34. The molecule has 0 aliphatic rings. The predicted octanol–water partition coefficient (Wildman–Crippen LogP) is 2.84. The second kappa shape index (κ2) is 7.09. The Morgan fingerprint density at radius 2 is 1.50 bits per heavy atom. The fraction of sp³-hybridized carbons (Fsp3) is 0.125. The molecule has 0 bridgehead atoms. The topological polar surface area (TPSA) is 67.4 Å². The summed E-state index contributed by atoms with van der Waals surface area (Å²) in [5.74, 6) is -0.162. The summed E-state index contributed by atoms with van der Waals surface area (Å²) in [6.07, 6.45) is 0. The highest BCUT2D eigenvalue weighted by Crippen LogP contribution is 2.25. The summed E-state index contributed by atoms with van der Waals surface area (Å²) in [5, 5.41) is 0. The zero-order valence-corrected chi connectivity index (χ0v) is 13.7. The van der Waals surface area contributed by atoms with Crippen LogP contribution in [0.4, 0.5) is 0 Å². The van der Waals surface area contributed by atoms with E-state index in [4.69, 9.17) is 4.74 Å². The normalized spacial score (nSPS) is 9.95. The Kier molecular flexibility index (Phi) is 5.16. The largest absolute Gasteiger partial charge is 0.496 e. The minimum atomic E-state index is -0.413. The van der Waals surface area contributed by atoms with Crippen LogP contribution in [-0.2, 0) is 0 Å². The van der Waals surface area contributed by atoms with Crippen LogP contribution in [0.2, 0.25) is 0 Å². The van der Waals surface area contributed by atoms with Crippen molar-refractivity contribution in [2.45, 2.75) is 6.92 Å². The molecule has 2 amide bonds. The minimum Gasteiger partial charge on any atom is -0.496 e. The highest BCUT2D eigenvalue weighted by atomic mass is 79.9. The standard InChI is InChI=1S/C16H15BrN2O3/c1-10-3-5-11(6-4-10)15(20)18-19-16(21)12-7-8-14(22-2)13(17)9-12/h3-9H,1-2H3,(H,18,20)(H,19,21). The van der Waals surface area contributed by atoms with Gasteiger partial charge in [0.05, 0.1) is 11.6 Å². The molecule has 5 nitrogen and oxygen atoms in total. The Morgan fingerprint density at radius 1 is 0.955 bits per heavy atom. The van der Waals surface area contributed by atoms with Gasteiger partial charge in [-0.3, -0.25) is 20.4 Å². The van der Waals surface area contributed by atoms with Gasteiger partial charge in [0.15, 0.2) is 0 Å². The molecule has 2 N–H and O–H groups in total. The van der Waals surface area contributed by atoms with Crippen LogP contribution < -0.4 is 15.6 Å². The van der Waals surface area contributed by atoms with E-state index >= 15 is 0 Å². The molecule has 0 radical (unpaired) electrons. The molecule has 2 aromatic rings. The van der Waals surface area contributed by atoms with Crippen molar-refractivity contribution in [1.29, 1.82) is 0 Å². The molecule has 2 aromatic carbocycles. The number of halogens is 1. The number of hydrogen-bond donors (Lipinski definition) is 2. The van der Waals surface area contributed by atoms with Crippen LogP contribution in [0, 0.1) is 6.92 Å². The molecule has 0 atom stereocenters. The molecule has 2 rings (SSSR count). The zero-order valence-electron chi connectivity index (χ0n) is 12.1. The monoisotopic (exact) mass is 362 g/mol. The molecular formula is C16H15BrN2O3. The molecular weight excluding hydrogens is 348 g/mol. The molecule has 6 heteroatoms. The smallest absolute Gasteiger partial charge is 0.269 e. The van der Waals surface area contributed by atoms with Crippen molar-refractivity contribution in [3.05, 3.63) is 63.6 Å². The molecule has 22 heavy (non-hydrogen) atoms. The van der Waals surface area contributed by atoms with E-state index in [0.717, 1.165) is 5.56 Å². The number of ether oxygens (including phenoxy) is 1. The maximum atomic E-state index is 12.0. The second-order valence-electron chi connectivity index (χ2n) is 4.62. The molecule has 0 aliphatic heterocycles. The van der Waals surface area contributed by atoms with Crippen LogP contribution in [0.3, 0.4) is 0 Å². The van der Waals surface area contributed by atoms with E-state index in [-0.39, 0.29) is 5.91 Å². The van der Waals surface area contributed by atoms with Gasteiger partial charge >= 0.3 is 0 Å². The fourth-order valence-corrected chi connectivity index (χ4v) is 2.31. The highest BCUT2D eigenvalue weighted by Gasteiger charge is 2.11. The fourth-order valence-electron chi connectivity index (χ4n) is 1.77. The van der Waals surface area contributed by atoms with Gasteiger partial charge in [0.25, 0.3) is 11.8 Å². The van der Waals surface area contributed by atoms with Gasteiger partial charge in [-0.2, -0.15) is 0 Å². The van der Waals surface area contributed by atoms with E-state index in [1.807, 2.05) is 19.1 Å². The number of carbonyl (C=O) groups excluding carboxylic acids is 2. The van der Waals surface area contributed by atoms with Crippen LogP contribution in [0.1, 0.15) is 26.3 Å². The van der Waals surface area contributed by atoms with Gasteiger partial charge in [-0.15, -0.1) is 0 Å². The van der Waals surface area contributed by atoms with Crippen LogP contribution in [0.25, 0.3) is 0 Å². The van der Waals surface area contributed by atoms with Crippen molar-refractivity contribution in [1.82, 2.24) is 10.9 Å². The van der Waals surface area contributed by atoms with Gasteiger partial charge in [0, 0.05) is 11.1 Å². The quantitative estimate of drug-likeness (QED) is 0.825. The third-order valence-electron chi connectivity index (χ3n) is 3.02. The first-order chi connectivity index (χ1) is 10.5. The number of rotatable bonds is 3. The number of nitrogens with one attached hydrogen (secondary N) is 2. The van der Waals surface area contributed by atoms with Crippen LogP contribution >= 0.6 is 15.9 Å². The number of carbonyl (C=O) groups is 2. The summed E-state index contributed by atoms with van der Waals surface area (Å²) in [5.41, 5.74) is 6.69. The zero-order chi connectivity index (χ0) is 16.1. The van der Waals surface area contributed by atoms with Gasteiger partial charge < -0.3 is 4.74 Å². The van der Waals surface area contributed by atoms with Crippen molar-refractivity contribution in [3.63, 3.8) is 0 Å². The molecule has 0 unspecified atom stereocenters. The van der Waals surface area contributed by atoms with Crippen molar-refractivity contribution in [2.24, 2.45) is 0 Å². The number of hydrogen-bond acceptors (Lipinski definition) is 3. The number of aryl methyl sites for hydroxylation is 1. The van der Waals surface area contributed by atoms with Crippen LogP contribution in [0.15, 0.2) is 46.9 Å². The van der Waals surface area contributed by atoms with Gasteiger partial charge in [0.1, 0.15) is 5.75 Å². The summed E-state index contributed by atoms with van der Waals surface area (Å²) in [6, 6.07) is 11.9. The molecule has 0 aliphatic carbocycles. The predicted molar refractivity (Wildman–Crippen MR) is 86.8 cm³/mol. The second-order valence-corrected chi connectivity index (χ2v) is 5.48. The maximum absolute atomic E-state index is 12.0. The van der Waals surface area contributed by atoms with E-state index in [2.05, 4.69) is 26.8 Å². The first kappa shape index (κ1) is 16.0. The summed E-state index contributed by atoms with van der Waals surface area (Å²) >= 11 is 3.31. The molecule has 0 saturated carbocycles. The van der Waals surface area contributed by atoms with Gasteiger partial charge in [-0.25, -0.2) is 0 Å². The van der Waals surface area contributed by atoms with Gasteiger partial charge in [0.2, 0.25) is 0 Å². The highest BCUT2D eigenvalue weighted by molar-refractivity contribution is 9.10. The first-order valence-corrected chi connectivity index (χ1v) is 7.31. The molecule has 114 valence electrons. The molecule has 0 fully saturated rings. The van der Waals surface area contributed by atoms with Crippen molar-refractivity contribution >= 4 is 27.7 Å². The first-order valence-electron chi connectivity index (χ1n) is 6.52. The Morgan fingerprint density at radius 3 is 2.05 bits per heavy atom. The summed E-state index contributed by atoms with van der Waals surface area (Å²) < 4.78 is 5.76. The lowest BCUT2D eigenvalue weighted by atomic mass is 10.1. The average molecular weight is 363 g/mol. The van der Waals surface area contributed by atoms with Crippen molar-refractivity contribution in [3.8, 4) is 5.75 Å². The number of hydrazine groups is 1. The number of methoxy groups -OCH3 is 1. The average Bonchev–Trinajstić information content (AvgIpc) is 2.52. The number of amides is 2. The van der Waals surface area contributed by atoms with E-state index in [9.17, 15) is 9.59 Å². The van der Waals surface area contributed by atoms with Crippen molar-refractivity contribution < 1.29 is 14.3 Å². The van der Waals surface area contributed by atoms with Gasteiger partial charge in [-0.1, -0.05) is 17.7 Å². The van der Waals surface area contributed by atoms with Crippen LogP contribution in [0.5, 0.6) is 5.75 Å². The maximum Gasteiger partial charge on any atom is 0.269 e. The lowest BCUT2D eigenvalue weighted by Gasteiger charge is -2.09. The van der Waals surface area contributed by atoms with E-state index in [1.54, 1.807) is 37.4 Å². The number of benzene rings is 2. The Bertz CT molecular complexity index is 699. The lowest BCUT2D eigenvalue weighted by molar-refractivity contribution is 0.0846. The van der Waals surface area contributed by atoms with E-state index in [0.29, 0.717) is 21.3 Å². The third-order valence-corrected chi connectivity index (χ3v) is 3.64. The SMILES string of the molecule is COc1ccc(C(=O)NNC(=O)c2ccc(C)cc2)cc1Br. The third kappa shape index (κ3) is 3.85. The molecule has 0 aromatic heterocycles. The Balaban J connectivity index is 1.99. The van der Waals surface area contributed by atoms with E-state index in [1.165, 1.54) is 0 Å². The summed E-state index contributed by atoms with van der Waals surface area (Å²) in [6.45, 7) is 1.94. The molecule has 0 heterocycles. The van der Waals surface area contributed by atoms with Crippen molar-refractivity contribution in [2.75, 3.05) is 7.11 Å². The summed E-state index contributed by atoms with van der Waals surface area (Å²) in [7, 11) is 1.54. The molecule has 0 spiro atoms. The van der Waals surface area contributed by atoms with Gasteiger partial charge in [-0.05, 0) is 53.2 Å². The van der Waals surface area contributed by atoms with Crippen LogP contribution in [-0.4, -0.2) is 18.9 Å². The summed E-state index contributed by atoms with van der Waals surface area (Å²) in [4.78, 5) is 23.9.